The van der Waals surface area contributed by atoms with Gasteiger partial charge in [-0.2, -0.15) is 0 Å². The van der Waals surface area contributed by atoms with Gasteiger partial charge in [0.1, 0.15) is 5.82 Å². The van der Waals surface area contributed by atoms with Crippen LogP contribution >= 0.6 is 11.6 Å². The average molecular weight is 310 g/mol. The lowest BCUT2D eigenvalue weighted by molar-refractivity contribution is 0.0706. The molecule has 1 aliphatic rings. The van der Waals surface area contributed by atoms with E-state index in [0.717, 1.165) is 26.1 Å². The minimum Gasteiger partial charge on any atom is -0.369 e. The van der Waals surface area contributed by atoms with Gasteiger partial charge in [0.05, 0.1) is 10.6 Å². The number of hydrogen-bond donors (Lipinski definition) is 1. The van der Waals surface area contributed by atoms with Crippen molar-refractivity contribution in [2.75, 3.05) is 25.0 Å². The van der Waals surface area contributed by atoms with Crippen LogP contribution in [0, 0.1) is 5.92 Å². The Morgan fingerprint density at radius 3 is 2.76 bits per heavy atom. The first kappa shape index (κ1) is 16.1. The zero-order valence-electron chi connectivity index (χ0n) is 12.9. The number of pyridine rings is 1. The molecule has 1 aromatic heterocycles. The molecule has 1 aromatic rings. The van der Waals surface area contributed by atoms with Gasteiger partial charge in [0.2, 0.25) is 0 Å². The van der Waals surface area contributed by atoms with E-state index in [9.17, 15) is 4.79 Å². The smallest absolute Gasteiger partial charge is 0.255 e. The number of amides is 1. The molecule has 0 radical (unpaired) electrons. The SMILES string of the molecule is CCCNc1ncc(C(=O)N(CC)CC2CCC2)cc1Cl. The number of aromatic nitrogens is 1. The van der Waals surface area contributed by atoms with Crippen molar-refractivity contribution in [3.8, 4) is 0 Å². The summed E-state index contributed by atoms with van der Waals surface area (Å²) in [5.74, 6) is 1.35. The lowest BCUT2D eigenvalue weighted by Gasteiger charge is -2.31. The molecule has 0 spiro atoms. The van der Waals surface area contributed by atoms with Gasteiger partial charge >= 0.3 is 0 Å². The van der Waals surface area contributed by atoms with E-state index in [4.69, 9.17) is 11.6 Å². The zero-order valence-corrected chi connectivity index (χ0v) is 13.6. The molecule has 5 heteroatoms. The van der Waals surface area contributed by atoms with E-state index in [1.165, 1.54) is 19.3 Å². The second-order valence-corrected chi connectivity index (χ2v) is 6.03. The van der Waals surface area contributed by atoms with Gasteiger partial charge in [-0.25, -0.2) is 4.98 Å². The standard InChI is InChI=1S/C16H24ClN3O/c1-3-8-18-15-14(17)9-13(10-19-15)16(21)20(4-2)11-12-6-5-7-12/h9-10,12H,3-8,11H2,1-2H3,(H,18,19). The Morgan fingerprint density at radius 1 is 1.48 bits per heavy atom. The van der Waals surface area contributed by atoms with E-state index in [0.29, 0.717) is 22.3 Å². The first-order valence-electron chi connectivity index (χ1n) is 7.84. The average Bonchev–Trinajstić information content (AvgIpc) is 2.44. The Labute approximate surface area is 131 Å². The van der Waals surface area contributed by atoms with Crippen molar-refractivity contribution in [3.05, 3.63) is 22.8 Å². The second kappa shape index (κ2) is 7.64. The summed E-state index contributed by atoms with van der Waals surface area (Å²) in [7, 11) is 0. The van der Waals surface area contributed by atoms with Crippen LogP contribution in [0.2, 0.25) is 5.02 Å². The van der Waals surface area contributed by atoms with Crippen LogP contribution in [0.3, 0.4) is 0 Å². The largest absolute Gasteiger partial charge is 0.369 e. The number of carbonyl (C=O) groups excluding carboxylic acids is 1. The summed E-state index contributed by atoms with van der Waals surface area (Å²) in [5, 5.41) is 3.66. The van der Waals surface area contributed by atoms with Gasteiger partial charge in [0.25, 0.3) is 5.91 Å². The predicted octanol–water partition coefficient (Wildman–Crippen LogP) is 3.82. The van der Waals surface area contributed by atoms with Gasteiger partial charge in [-0.05, 0) is 38.2 Å². The summed E-state index contributed by atoms with van der Waals surface area (Å²) < 4.78 is 0. The summed E-state index contributed by atoms with van der Waals surface area (Å²) >= 11 is 6.21. The third kappa shape index (κ3) is 4.10. The highest BCUT2D eigenvalue weighted by Gasteiger charge is 2.23. The first-order valence-corrected chi connectivity index (χ1v) is 8.22. The fourth-order valence-electron chi connectivity index (χ4n) is 2.45. The van der Waals surface area contributed by atoms with Gasteiger partial charge < -0.3 is 10.2 Å². The van der Waals surface area contributed by atoms with E-state index in [1.54, 1.807) is 12.3 Å². The molecule has 1 heterocycles. The van der Waals surface area contributed by atoms with Crippen LogP contribution in [-0.4, -0.2) is 35.4 Å². The maximum Gasteiger partial charge on any atom is 0.255 e. The van der Waals surface area contributed by atoms with E-state index >= 15 is 0 Å². The van der Waals surface area contributed by atoms with Crippen molar-refractivity contribution >= 4 is 23.3 Å². The monoisotopic (exact) mass is 309 g/mol. The van der Waals surface area contributed by atoms with Crippen molar-refractivity contribution < 1.29 is 4.79 Å². The third-order valence-electron chi connectivity index (χ3n) is 4.00. The van der Waals surface area contributed by atoms with Crippen molar-refractivity contribution in [2.24, 2.45) is 5.92 Å². The zero-order chi connectivity index (χ0) is 15.2. The Morgan fingerprint density at radius 2 is 2.24 bits per heavy atom. The van der Waals surface area contributed by atoms with Crippen LogP contribution in [0.15, 0.2) is 12.3 Å². The molecule has 0 aromatic carbocycles. The van der Waals surface area contributed by atoms with Crippen molar-refractivity contribution in [3.63, 3.8) is 0 Å². The number of rotatable bonds is 7. The highest BCUT2D eigenvalue weighted by Crippen LogP contribution is 2.28. The van der Waals surface area contributed by atoms with Gasteiger partial charge in [-0.3, -0.25) is 4.79 Å². The van der Waals surface area contributed by atoms with Crippen LogP contribution in [0.25, 0.3) is 0 Å². The van der Waals surface area contributed by atoms with E-state index < -0.39 is 0 Å². The van der Waals surface area contributed by atoms with Crippen LogP contribution < -0.4 is 5.32 Å². The molecule has 0 unspecified atom stereocenters. The summed E-state index contributed by atoms with van der Waals surface area (Å²) in [5.41, 5.74) is 0.572. The van der Waals surface area contributed by atoms with Gasteiger partial charge in [-0.15, -0.1) is 0 Å². The Balaban J connectivity index is 2.04. The van der Waals surface area contributed by atoms with E-state index in [-0.39, 0.29) is 5.91 Å². The first-order chi connectivity index (χ1) is 10.2. The Bertz CT molecular complexity index is 488. The number of nitrogens with one attached hydrogen (secondary N) is 1. The maximum absolute atomic E-state index is 12.5. The number of carbonyl (C=O) groups is 1. The fraction of sp³-hybridized carbons (Fsp3) is 0.625. The Hall–Kier alpha value is -1.29. The van der Waals surface area contributed by atoms with Gasteiger partial charge in [-0.1, -0.05) is 24.9 Å². The quantitative estimate of drug-likeness (QED) is 0.833. The molecule has 2 rings (SSSR count). The second-order valence-electron chi connectivity index (χ2n) is 5.62. The molecule has 0 aliphatic heterocycles. The minimum atomic E-state index is 0.0286. The summed E-state index contributed by atoms with van der Waals surface area (Å²) in [6.07, 6.45) is 6.40. The van der Waals surface area contributed by atoms with Crippen LogP contribution in [0.5, 0.6) is 0 Å². The van der Waals surface area contributed by atoms with Crippen LogP contribution in [0.1, 0.15) is 49.9 Å². The lowest BCUT2D eigenvalue weighted by atomic mass is 9.85. The molecule has 0 saturated heterocycles. The Kier molecular flexibility index (Phi) is 5.85. The molecule has 0 bridgehead atoms. The van der Waals surface area contributed by atoms with E-state index in [2.05, 4.69) is 17.2 Å². The normalized spacial score (nSPS) is 14.6. The number of anilines is 1. The molecular weight excluding hydrogens is 286 g/mol. The van der Waals surface area contributed by atoms with Crippen molar-refractivity contribution in [2.45, 2.75) is 39.5 Å². The van der Waals surface area contributed by atoms with E-state index in [1.807, 2.05) is 11.8 Å². The lowest BCUT2D eigenvalue weighted by Crippen LogP contribution is -2.37. The van der Waals surface area contributed by atoms with Crippen LogP contribution in [0.4, 0.5) is 5.82 Å². The molecule has 4 nitrogen and oxygen atoms in total. The molecule has 1 N–H and O–H groups in total. The number of halogens is 1. The van der Waals surface area contributed by atoms with Crippen molar-refractivity contribution in [1.82, 2.24) is 9.88 Å². The maximum atomic E-state index is 12.5. The van der Waals surface area contributed by atoms with Crippen molar-refractivity contribution in [1.29, 1.82) is 0 Å². The molecule has 1 aliphatic carbocycles. The summed E-state index contributed by atoms with van der Waals surface area (Å²) in [6, 6.07) is 1.72. The topological polar surface area (TPSA) is 45.2 Å². The highest BCUT2D eigenvalue weighted by atomic mass is 35.5. The van der Waals surface area contributed by atoms with Gasteiger partial charge in [0.15, 0.2) is 0 Å². The highest BCUT2D eigenvalue weighted by molar-refractivity contribution is 6.33. The molecule has 0 atom stereocenters. The summed E-state index contributed by atoms with van der Waals surface area (Å²) in [4.78, 5) is 18.7. The van der Waals surface area contributed by atoms with Gasteiger partial charge in [0, 0.05) is 25.8 Å². The molecule has 116 valence electrons. The number of nitrogens with zero attached hydrogens (tertiary/aromatic N) is 2. The third-order valence-corrected chi connectivity index (χ3v) is 4.29. The molecule has 1 amide bonds. The molecule has 1 fully saturated rings. The fourth-order valence-corrected chi connectivity index (χ4v) is 2.69. The number of hydrogen-bond acceptors (Lipinski definition) is 3. The predicted molar refractivity (Wildman–Crippen MR) is 86.9 cm³/mol. The minimum absolute atomic E-state index is 0.0286. The van der Waals surface area contributed by atoms with Crippen LogP contribution in [-0.2, 0) is 0 Å². The molecule has 21 heavy (non-hydrogen) atoms. The molecule has 1 saturated carbocycles. The summed E-state index contributed by atoms with van der Waals surface area (Å²) in [6.45, 7) is 6.50. The molecular formula is C16H24ClN3O.